The van der Waals surface area contributed by atoms with Crippen molar-refractivity contribution in [3.05, 3.63) is 12.0 Å². The highest BCUT2D eigenvalue weighted by molar-refractivity contribution is 7.80. The van der Waals surface area contributed by atoms with E-state index in [1.807, 2.05) is 0 Å². The fourth-order valence-corrected chi connectivity index (χ4v) is 1.05. The van der Waals surface area contributed by atoms with Crippen molar-refractivity contribution in [2.75, 3.05) is 6.54 Å². The number of aliphatic carboxylic acids is 1. The van der Waals surface area contributed by atoms with Gasteiger partial charge >= 0.3 is 5.97 Å². The van der Waals surface area contributed by atoms with Crippen molar-refractivity contribution in [2.24, 2.45) is 11.5 Å². The summed E-state index contributed by atoms with van der Waals surface area (Å²) in [6.45, 7) is 0.476. The summed E-state index contributed by atoms with van der Waals surface area (Å²) in [5.41, 5.74) is 10.8. The Kier molecular flexibility index (Phi) is 8.03. The molecule has 0 bridgehead atoms. The van der Waals surface area contributed by atoms with Crippen LogP contribution in [0.15, 0.2) is 11.4 Å². The number of H-pyrrole nitrogens is 1. The number of hydrogen-bond acceptors (Lipinski definition) is 6. The van der Waals surface area contributed by atoms with Crippen LogP contribution in [0.3, 0.4) is 0 Å². The summed E-state index contributed by atoms with van der Waals surface area (Å²) in [7, 11) is 0. The molecular formula is C9H16N4O3S. The highest BCUT2D eigenvalue weighted by Gasteiger charge is 2.14. The van der Waals surface area contributed by atoms with Crippen LogP contribution in [0.5, 0.6) is 0 Å². The smallest absolute Gasteiger partial charge is 0.320 e. The lowest BCUT2D eigenvalue weighted by molar-refractivity contribution is -0.138. The zero-order valence-corrected chi connectivity index (χ0v) is 10.1. The number of nitrogens with one attached hydrogen (secondary N) is 1. The standard InChI is InChI=1S/C6H9N3O2S.C3H7NO/c7-3(6(10)11)1-4-5(12)9-2-8-4;4-2-1-3-5/h2-3,12H,1,7H2,(H,8,9)(H,10,11);3H,1-2,4H2. The van der Waals surface area contributed by atoms with E-state index in [2.05, 4.69) is 22.6 Å². The molecule has 1 aromatic heterocycles. The molecule has 1 atom stereocenters. The molecule has 1 rings (SSSR count). The molecule has 0 saturated heterocycles. The predicted octanol–water partition coefficient (Wildman–Crippen LogP) is -0.813. The second kappa shape index (κ2) is 8.74. The van der Waals surface area contributed by atoms with E-state index in [0.29, 0.717) is 23.7 Å². The van der Waals surface area contributed by atoms with Crippen LogP contribution in [0, 0.1) is 0 Å². The predicted molar refractivity (Wildman–Crippen MR) is 64.9 cm³/mol. The topological polar surface area (TPSA) is 135 Å². The quantitative estimate of drug-likeness (QED) is 0.347. The highest BCUT2D eigenvalue weighted by atomic mass is 32.1. The molecule has 0 aliphatic rings. The van der Waals surface area contributed by atoms with E-state index in [4.69, 9.17) is 16.6 Å². The van der Waals surface area contributed by atoms with E-state index in [0.717, 1.165) is 6.29 Å². The summed E-state index contributed by atoms with van der Waals surface area (Å²) >= 11 is 4.00. The summed E-state index contributed by atoms with van der Waals surface area (Å²) < 4.78 is 0. The van der Waals surface area contributed by atoms with Crippen molar-refractivity contribution < 1.29 is 14.7 Å². The Morgan fingerprint density at radius 1 is 1.71 bits per heavy atom. The Morgan fingerprint density at radius 2 is 2.35 bits per heavy atom. The van der Waals surface area contributed by atoms with Gasteiger partial charge in [0.25, 0.3) is 0 Å². The number of thiol groups is 1. The zero-order chi connectivity index (χ0) is 13.3. The van der Waals surface area contributed by atoms with Gasteiger partial charge in [-0.2, -0.15) is 0 Å². The fourth-order valence-electron chi connectivity index (χ4n) is 0.839. The summed E-state index contributed by atoms with van der Waals surface area (Å²) in [5.74, 6) is -1.03. The van der Waals surface area contributed by atoms with Crippen molar-refractivity contribution in [2.45, 2.75) is 23.9 Å². The van der Waals surface area contributed by atoms with E-state index in [9.17, 15) is 9.59 Å². The van der Waals surface area contributed by atoms with Gasteiger partial charge in [0.15, 0.2) is 0 Å². The number of nitrogens with two attached hydrogens (primary N) is 2. The Hall–Kier alpha value is -1.38. The van der Waals surface area contributed by atoms with Gasteiger partial charge in [-0.25, -0.2) is 4.98 Å². The summed E-state index contributed by atoms with van der Waals surface area (Å²) in [5, 5.41) is 8.98. The molecule has 6 N–H and O–H groups in total. The van der Waals surface area contributed by atoms with Crippen molar-refractivity contribution in [1.82, 2.24) is 9.97 Å². The van der Waals surface area contributed by atoms with Crippen LogP contribution in [0.1, 0.15) is 12.1 Å². The molecule has 7 nitrogen and oxygen atoms in total. The van der Waals surface area contributed by atoms with Gasteiger partial charge in [-0.1, -0.05) is 0 Å². The lowest BCUT2D eigenvalue weighted by Gasteiger charge is -2.03. The van der Waals surface area contributed by atoms with Crippen molar-refractivity contribution >= 4 is 24.9 Å². The molecule has 17 heavy (non-hydrogen) atoms. The molecule has 1 aromatic rings. The van der Waals surface area contributed by atoms with Gasteiger partial charge in [0.1, 0.15) is 17.4 Å². The van der Waals surface area contributed by atoms with Gasteiger partial charge in [0, 0.05) is 12.8 Å². The molecule has 0 radical (unpaired) electrons. The van der Waals surface area contributed by atoms with Gasteiger partial charge in [0.2, 0.25) is 0 Å². The Balaban J connectivity index is 0.000000437. The Morgan fingerprint density at radius 3 is 2.65 bits per heavy atom. The maximum absolute atomic E-state index is 10.4. The second-order valence-corrected chi connectivity index (χ2v) is 3.52. The molecule has 0 spiro atoms. The van der Waals surface area contributed by atoms with Gasteiger partial charge < -0.3 is 26.4 Å². The number of hydrogen-bond donors (Lipinski definition) is 5. The third-order valence-electron chi connectivity index (χ3n) is 1.72. The maximum Gasteiger partial charge on any atom is 0.320 e. The molecule has 0 saturated carbocycles. The zero-order valence-electron chi connectivity index (χ0n) is 9.17. The van der Waals surface area contributed by atoms with Crippen molar-refractivity contribution in [1.29, 1.82) is 0 Å². The van der Waals surface area contributed by atoms with Crippen LogP contribution in [-0.2, 0) is 16.0 Å². The summed E-state index contributed by atoms with van der Waals surface area (Å²) in [6.07, 6.45) is 2.96. The number of imidazole rings is 1. The lowest BCUT2D eigenvalue weighted by Crippen LogP contribution is -2.32. The molecule has 0 aliphatic heterocycles. The average molecular weight is 260 g/mol. The first kappa shape index (κ1) is 15.6. The van der Waals surface area contributed by atoms with Crippen LogP contribution >= 0.6 is 12.6 Å². The minimum absolute atomic E-state index is 0.216. The number of aromatic nitrogens is 2. The first-order valence-corrected chi connectivity index (χ1v) is 5.31. The maximum atomic E-state index is 10.4. The van der Waals surface area contributed by atoms with Crippen molar-refractivity contribution in [3.8, 4) is 0 Å². The molecule has 1 heterocycles. The van der Waals surface area contributed by atoms with E-state index < -0.39 is 12.0 Å². The van der Waals surface area contributed by atoms with Gasteiger partial charge in [-0.15, -0.1) is 12.6 Å². The molecule has 0 amide bonds. The van der Waals surface area contributed by atoms with Gasteiger partial charge in [0.05, 0.1) is 12.0 Å². The molecule has 1 unspecified atom stereocenters. The van der Waals surface area contributed by atoms with E-state index in [1.54, 1.807) is 0 Å². The van der Waals surface area contributed by atoms with Crippen LogP contribution in [0.25, 0.3) is 0 Å². The van der Waals surface area contributed by atoms with Gasteiger partial charge in [-0.3, -0.25) is 4.79 Å². The van der Waals surface area contributed by atoms with E-state index in [-0.39, 0.29) is 6.42 Å². The first-order chi connectivity index (χ1) is 8.02. The largest absolute Gasteiger partial charge is 0.480 e. The minimum atomic E-state index is -1.03. The number of carbonyl (C=O) groups is 2. The summed E-state index contributed by atoms with van der Waals surface area (Å²) in [4.78, 5) is 26.2. The third kappa shape index (κ3) is 6.72. The Bertz CT molecular complexity index is 356. The first-order valence-electron chi connectivity index (χ1n) is 4.86. The second-order valence-electron chi connectivity index (χ2n) is 3.10. The van der Waals surface area contributed by atoms with E-state index >= 15 is 0 Å². The number of nitrogens with zero attached hydrogens (tertiary/aromatic N) is 1. The Labute approximate surface area is 104 Å². The highest BCUT2D eigenvalue weighted by Crippen LogP contribution is 2.08. The van der Waals surface area contributed by atoms with Gasteiger partial charge in [-0.05, 0) is 6.54 Å². The molecule has 0 aromatic carbocycles. The normalized spacial score (nSPS) is 11.2. The number of aldehydes is 1. The molecule has 96 valence electrons. The monoisotopic (exact) mass is 260 g/mol. The summed E-state index contributed by atoms with van der Waals surface area (Å²) in [6, 6.07) is -0.906. The number of aromatic amines is 1. The van der Waals surface area contributed by atoms with Crippen LogP contribution in [-0.4, -0.2) is 39.9 Å². The fraction of sp³-hybridized carbons (Fsp3) is 0.444. The third-order valence-corrected chi connectivity index (χ3v) is 2.11. The SMILES string of the molecule is NC(Cc1[nH]cnc1S)C(=O)O.NCCC=O. The van der Waals surface area contributed by atoms with Crippen LogP contribution in [0.4, 0.5) is 0 Å². The number of carbonyl (C=O) groups excluding carboxylic acids is 1. The number of carboxylic acids is 1. The molecule has 8 heteroatoms. The molecular weight excluding hydrogens is 244 g/mol. The molecule has 0 fully saturated rings. The number of carboxylic acid groups (broad SMARTS) is 1. The van der Waals surface area contributed by atoms with Crippen LogP contribution < -0.4 is 11.5 Å². The average Bonchev–Trinajstić information content (AvgIpc) is 2.66. The van der Waals surface area contributed by atoms with Crippen molar-refractivity contribution in [3.63, 3.8) is 0 Å². The minimum Gasteiger partial charge on any atom is -0.480 e. The number of rotatable bonds is 5. The molecule has 0 aliphatic carbocycles. The van der Waals surface area contributed by atoms with E-state index in [1.165, 1.54) is 6.33 Å². The lowest BCUT2D eigenvalue weighted by atomic mass is 10.2. The van der Waals surface area contributed by atoms with Crippen LogP contribution in [0.2, 0.25) is 0 Å².